The van der Waals surface area contributed by atoms with Gasteiger partial charge in [0.05, 0.1) is 42.0 Å². The van der Waals surface area contributed by atoms with Crippen LogP contribution in [0.3, 0.4) is 0 Å². The minimum absolute atomic E-state index is 0.0277. The molecule has 38 heavy (non-hydrogen) atoms. The third kappa shape index (κ3) is 5.22. The van der Waals surface area contributed by atoms with Crippen LogP contribution in [0, 0.1) is 16.7 Å². The quantitative estimate of drug-likeness (QED) is 0.491. The number of anilines is 1. The second-order valence-electron chi connectivity index (χ2n) is 10.3. The van der Waals surface area contributed by atoms with Crippen molar-refractivity contribution in [2.24, 2.45) is 5.41 Å². The van der Waals surface area contributed by atoms with Gasteiger partial charge in [-0.05, 0) is 41.7 Å². The van der Waals surface area contributed by atoms with Gasteiger partial charge in [0.2, 0.25) is 6.79 Å². The summed E-state index contributed by atoms with van der Waals surface area (Å²) in [5.74, 6) is 1.72. The number of nitriles is 1. The maximum absolute atomic E-state index is 13.3. The van der Waals surface area contributed by atoms with E-state index in [2.05, 4.69) is 30.6 Å². The van der Waals surface area contributed by atoms with E-state index in [1.807, 2.05) is 30.3 Å². The molecular formula is C29H29N3O5S. The second-order valence-corrected chi connectivity index (χ2v) is 11.3. The number of ketones is 2. The number of hydrogen-bond acceptors (Lipinski definition) is 9. The van der Waals surface area contributed by atoms with Gasteiger partial charge in [0.15, 0.2) is 23.1 Å². The predicted molar refractivity (Wildman–Crippen MR) is 145 cm³/mol. The molecule has 0 bridgehead atoms. The van der Waals surface area contributed by atoms with E-state index in [4.69, 9.17) is 14.2 Å². The van der Waals surface area contributed by atoms with Gasteiger partial charge in [-0.3, -0.25) is 9.59 Å². The van der Waals surface area contributed by atoms with Crippen molar-refractivity contribution < 1.29 is 23.8 Å². The molecule has 0 saturated carbocycles. The van der Waals surface area contributed by atoms with Crippen molar-refractivity contribution >= 4 is 29.0 Å². The van der Waals surface area contributed by atoms with Crippen LogP contribution < -0.4 is 24.8 Å². The number of dihydropyridines is 1. The van der Waals surface area contributed by atoms with Gasteiger partial charge >= 0.3 is 0 Å². The number of ether oxygens (including phenoxy) is 3. The summed E-state index contributed by atoms with van der Waals surface area (Å²) in [6.07, 6.45) is 1.11. The highest BCUT2D eigenvalue weighted by atomic mass is 32.2. The van der Waals surface area contributed by atoms with E-state index in [-0.39, 0.29) is 36.1 Å². The Hall–Kier alpha value is -3.90. The number of carbonyl (C=O) groups excluding carboxylic acids is 2. The van der Waals surface area contributed by atoms with Crippen molar-refractivity contribution in [1.82, 2.24) is 5.32 Å². The summed E-state index contributed by atoms with van der Waals surface area (Å²) in [5.41, 5.74) is 3.34. The number of nitrogens with zero attached hydrogens (tertiary/aromatic N) is 1. The predicted octanol–water partition coefficient (Wildman–Crippen LogP) is 4.90. The molecule has 0 amide bonds. The van der Waals surface area contributed by atoms with Gasteiger partial charge in [-0.25, -0.2) is 0 Å². The number of benzene rings is 2. The lowest BCUT2D eigenvalue weighted by atomic mass is 9.69. The van der Waals surface area contributed by atoms with Crippen LogP contribution in [-0.4, -0.2) is 37.8 Å². The molecule has 2 aromatic rings. The van der Waals surface area contributed by atoms with Gasteiger partial charge in [0, 0.05) is 29.4 Å². The number of nitrogens with one attached hydrogen (secondary N) is 2. The third-order valence-corrected chi connectivity index (χ3v) is 7.89. The van der Waals surface area contributed by atoms with Crippen LogP contribution in [0.5, 0.6) is 17.2 Å². The Morgan fingerprint density at radius 3 is 2.68 bits per heavy atom. The molecule has 9 heteroatoms. The number of hydrogen-bond donors (Lipinski definition) is 2. The average Bonchev–Trinajstić information content (AvgIpc) is 3.37. The van der Waals surface area contributed by atoms with Gasteiger partial charge in [-0.15, -0.1) is 0 Å². The topological polar surface area (TPSA) is 110 Å². The normalized spacial score (nSPS) is 19.4. The summed E-state index contributed by atoms with van der Waals surface area (Å²) >= 11 is 1.30. The second kappa shape index (κ2) is 10.5. The number of allylic oxidation sites excluding steroid dienone is 3. The standard InChI is InChI=1S/C29H29N3O5S/c1-29(2)11-22-27(23(34)12-29)26(17-4-7-20(35-3)8-5-17)21(13-30)28(32-22)38-15-19(33)14-31-18-6-9-24-25(10-18)37-16-36-24/h4-10,26,31-32H,11-12,14-16H2,1-3H3. The zero-order valence-electron chi connectivity index (χ0n) is 21.6. The Morgan fingerprint density at radius 2 is 1.95 bits per heavy atom. The molecule has 8 nitrogen and oxygen atoms in total. The summed E-state index contributed by atoms with van der Waals surface area (Å²) in [5, 5.41) is 17.3. The average molecular weight is 532 g/mol. The van der Waals surface area contributed by atoms with Crippen LogP contribution in [0.25, 0.3) is 0 Å². The lowest BCUT2D eigenvalue weighted by Crippen LogP contribution is -2.37. The Kier molecular flexibility index (Phi) is 7.09. The van der Waals surface area contributed by atoms with E-state index in [0.717, 1.165) is 16.9 Å². The molecule has 0 radical (unpaired) electrons. The number of fused-ring (bicyclic) bond motifs is 1. The van der Waals surface area contributed by atoms with Crippen LogP contribution in [-0.2, 0) is 9.59 Å². The summed E-state index contributed by atoms with van der Waals surface area (Å²) in [4.78, 5) is 26.1. The molecule has 2 aliphatic heterocycles. The molecule has 1 atom stereocenters. The van der Waals surface area contributed by atoms with E-state index in [1.54, 1.807) is 19.2 Å². The van der Waals surface area contributed by atoms with Crippen LogP contribution in [0.2, 0.25) is 0 Å². The molecule has 1 unspecified atom stereocenters. The zero-order valence-corrected chi connectivity index (χ0v) is 22.4. The lowest BCUT2D eigenvalue weighted by Gasteiger charge is -2.39. The van der Waals surface area contributed by atoms with Crippen LogP contribution in [0.1, 0.15) is 38.2 Å². The first-order chi connectivity index (χ1) is 18.3. The van der Waals surface area contributed by atoms with Gasteiger partial charge < -0.3 is 24.8 Å². The first-order valence-corrected chi connectivity index (χ1v) is 13.4. The zero-order chi connectivity index (χ0) is 26.9. The molecule has 0 fully saturated rings. The van der Waals surface area contributed by atoms with E-state index < -0.39 is 5.92 Å². The Balaban J connectivity index is 1.36. The van der Waals surface area contributed by atoms with Crippen LogP contribution in [0.15, 0.2) is 64.3 Å². The Bertz CT molecular complexity index is 1390. The lowest BCUT2D eigenvalue weighted by molar-refractivity contribution is -0.118. The number of carbonyl (C=O) groups is 2. The fraction of sp³-hybridized carbons (Fsp3) is 0.345. The number of thioether (sulfide) groups is 1. The van der Waals surface area contributed by atoms with E-state index >= 15 is 0 Å². The van der Waals surface area contributed by atoms with Crippen LogP contribution in [0.4, 0.5) is 5.69 Å². The number of rotatable bonds is 8. The van der Waals surface area contributed by atoms with E-state index in [0.29, 0.717) is 46.3 Å². The maximum Gasteiger partial charge on any atom is 0.231 e. The molecule has 0 saturated heterocycles. The molecule has 2 aromatic carbocycles. The molecule has 196 valence electrons. The highest BCUT2D eigenvalue weighted by Gasteiger charge is 2.42. The van der Waals surface area contributed by atoms with Crippen molar-refractivity contribution in [3.05, 3.63) is 69.9 Å². The minimum atomic E-state index is -0.491. The highest BCUT2D eigenvalue weighted by molar-refractivity contribution is 8.03. The largest absolute Gasteiger partial charge is 0.497 e. The van der Waals surface area contributed by atoms with Crippen molar-refractivity contribution in [2.75, 3.05) is 31.5 Å². The van der Waals surface area contributed by atoms with Crippen molar-refractivity contribution in [3.63, 3.8) is 0 Å². The summed E-state index contributed by atoms with van der Waals surface area (Å²) in [6, 6.07) is 15.2. The minimum Gasteiger partial charge on any atom is -0.497 e. The maximum atomic E-state index is 13.3. The van der Waals surface area contributed by atoms with Gasteiger partial charge in [0.25, 0.3) is 0 Å². The molecule has 0 spiro atoms. The molecule has 2 N–H and O–H groups in total. The Morgan fingerprint density at radius 1 is 1.18 bits per heavy atom. The van der Waals surface area contributed by atoms with Gasteiger partial charge in [-0.2, -0.15) is 5.26 Å². The number of Topliss-reactive ketones (excluding diaryl/α,β-unsaturated/α-hetero) is 2. The van der Waals surface area contributed by atoms with E-state index in [1.165, 1.54) is 11.8 Å². The third-order valence-electron chi connectivity index (χ3n) is 6.82. The first-order valence-electron chi connectivity index (χ1n) is 12.4. The fourth-order valence-electron chi connectivity index (χ4n) is 5.03. The molecule has 2 heterocycles. The highest BCUT2D eigenvalue weighted by Crippen LogP contribution is 2.48. The van der Waals surface area contributed by atoms with Gasteiger partial charge in [0.1, 0.15) is 5.75 Å². The van der Waals surface area contributed by atoms with Crippen molar-refractivity contribution in [1.29, 1.82) is 5.26 Å². The van der Waals surface area contributed by atoms with E-state index in [9.17, 15) is 14.9 Å². The van der Waals surface area contributed by atoms with Crippen molar-refractivity contribution in [3.8, 4) is 23.3 Å². The SMILES string of the molecule is COc1ccc(C2C(C#N)=C(SCC(=O)CNc3ccc4c(c3)OCO4)NC3=C2C(=O)CC(C)(C)C3)cc1. The first kappa shape index (κ1) is 25.7. The number of methoxy groups -OCH3 is 1. The summed E-state index contributed by atoms with van der Waals surface area (Å²) < 4.78 is 16.0. The summed E-state index contributed by atoms with van der Waals surface area (Å²) in [7, 11) is 1.60. The van der Waals surface area contributed by atoms with Gasteiger partial charge in [-0.1, -0.05) is 37.7 Å². The molecule has 1 aliphatic carbocycles. The molecular weight excluding hydrogens is 502 g/mol. The molecule has 0 aromatic heterocycles. The summed E-state index contributed by atoms with van der Waals surface area (Å²) in [6.45, 7) is 4.46. The smallest absolute Gasteiger partial charge is 0.231 e. The van der Waals surface area contributed by atoms with Crippen molar-refractivity contribution in [2.45, 2.75) is 32.6 Å². The Labute approximate surface area is 226 Å². The molecule has 5 rings (SSSR count). The molecule has 3 aliphatic rings. The fourth-order valence-corrected chi connectivity index (χ4v) is 5.95. The van der Waals surface area contributed by atoms with Crippen LogP contribution >= 0.6 is 11.8 Å². The monoisotopic (exact) mass is 531 g/mol.